The lowest BCUT2D eigenvalue weighted by molar-refractivity contribution is -0.114. The number of carbonyl (C=O) groups excluding carboxylic acids is 1. The lowest BCUT2D eigenvalue weighted by Gasteiger charge is -2.19. The fourth-order valence-electron chi connectivity index (χ4n) is 3.30. The van der Waals surface area contributed by atoms with E-state index in [2.05, 4.69) is 32.1 Å². The van der Waals surface area contributed by atoms with Crippen molar-refractivity contribution in [2.24, 2.45) is 5.92 Å². The maximum atomic E-state index is 14.1. The van der Waals surface area contributed by atoms with E-state index in [9.17, 15) is 9.18 Å². The number of amides is 1. The largest absolute Gasteiger partial charge is 0.481 e. The van der Waals surface area contributed by atoms with Crippen molar-refractivity contribution in [3.63, 3.8) is 0 Å². The quantitative estimate of drug-likeness (QED) is 0.831. The first-order valence-electron chi connectivity index (χ1n) is 8.46. The highest BCUT2D eigenvalue weighted by molar-refractivity contribution is 7.15. The van der Waals surface area contributed by atoms with E-state index >= 15 is 0 Å². The van der Waals surface area contributed by atoms with E-state index in [1.807, 2.05) is 6.07 Å². The number of nitrogens with one attached hydrogen (secondary N) is 1. The Morgan fingerprint density at radius 1 is 1.50 bits per heavy atom. The van der Waals surface area contributed by atoms with Crippen LogP contribution >= 0.6 is 11.3 Å². The third-order valence-corrected chi connectivity index (χ3v) is 5.41. The second-order valence-electron chi connectivity index (χ2n) is 6.55. The van der Waals surface area contributed by atoms with Gasteiger partial charge in [0.05, 0.1) is 12.0 Å². The van der Waals surface area contributed by atoms with Crippen LogP contribution in [0.5, 0.6) is 5.88 Å². The number of ether oxygens (including phenoxy) is 1. The van der Waals surface area contributed by atoms with Gasteiger partial charge in [0.25, 0.3) is 0 Å². The van der Waals surface area contributed by atoms with Gasteiger partial charge in [-0.3, -0.25) is 9.69 Å². The molecule has 7 nitrogen and oxygen atoms in total. The van der Waals surface area contributed by atoms with Crippen molar-refractivity contribution in [3.05, 3.63) is 28.9 Å². The van der Waals surface area contributed by atoms with Gasteiger partial charge in [0.1, 0.15) is 6.33 Å². The van der Waals surface area contributed by atoms with Crippen LogP contribution in [0.1, 0.15) is 30.8 Å². The van der Waals surface area contributed by atoms with Gasteiger partial charge in [-0.25, -0.2) is 9.97 Å². The molecule has 3 heterocycles. The topological polar surface area (TPSA) is 80.2 Å². The van der Waals surface area contributed by atoms with E-state index in [0.29, 0.717) is 34.4 Å². The molecule has 0 saturated carbocycles. The number of rotatable bonds is 6. The molecule has 9 heteroatoms. The molecule has 1 fully saturated rings. The fraction of sp³-hybridized carbons (Fsp3) is 0.529. The van der Waals surface area contributed by atoms with Crippen molar-refractivity contribution < 1.29 is 13.9 Å². The minimum Gasteiger partial charge on any atom is -0.481 e. The number of carbonyl (C=O) groups is 1. The summed E-state index contributed by atoms with van der Waals surface area (Å²) in [5.41, 5.74) is 0.952. The number of hydrogen-bond donors (Lipinski definition) is 1. The molecule has 26 heavy (non-hydrogen) atoms. The molecule has 3 rings (SSSR count). The molecule has 0 aliphatic carbocycles. The molecule has 2 aromatic heterocycles. The fourth-order valence-corrected chi connectivity index (χ4v) is 4.22. The molecule has 1 saturated heterocycles. The van der Waals surface area contributed by atoms with Gasteiger partial charge in [-0.2, -0.15) is 9.37 Å². The number of thiazole rings is 1. The Balaban J connectivity index is 1.62. The SMILES string of the molecule is COc1cc(C[C@@H]2C[C@@H](C)N(Cc3sc(NC(C)=O)nc3F)C2)ncn1. The van der Waals surface area contributed by atoms with Crippen molar-refractivity contribution >= 4 is 22.4 Å². The van der Waals surface area contributed by atoms with E-state index in [1.165, 1.54) is 24.6 Å². The Morgan fingerprint density at radius 2 is 2.31 bits per heavy atom. The van der Waals surface area contributed by atoms with Crippen LogP contribution in [0, 0.1) is 11.9 Å². The number of methoxy groups -OCH3 is 1. The normalized spacial score (nSPS) is 20.3. The third-order valence-electron chi connectivity index (χ3n) is 4.48. The van der Waals surface area contributed by atoms with Gasteiger partial charge < -0.3 is 10.1 Å². The summed E-state index contributed by atoms with van der Waals surface area (Å²) in [4.78, 5) is 26.0. The zero-order valence-corrected chi connectivity index (χ0v) is 15.8. The summed E-state index contributed by atoms with van der Waals surface area (Å²) in [6.45, 7) is 4.89. The van der Waals surface area contributed by atoms with Gasteiger partial charge in [0, 0.05) is 37.8 Å². The van der Waals surface area contributed by atoms with Crippen LogP contribution in [0.2, 0.25) is 0 Å². The minimum atomic E-state index is -0.505. The second-order valence-corrected chi connectivity index (χ2v) is 7.63. The van der Waals surface area contributed by atoms with Crippen molar-refractivity contribution in [2.45, 2.75) is 39.3 Å². The van der Waals surface area contributed by atoms with Gasteiger partial charge in [-0.05, 0) is 25.7 Å². The number of hydrogen-bond acceptors (Lipinski definition) is 7. The minimum absolute atomic E-state index is 0.250. The molecule has 1 aliphatic rings. The summed E-state index contributed by atoms with van der Waals surface area (Å²) < 4.78 is 19.2. The van der Waals surface area contributed by atoms with Crippen molar-refractivity contribution in [1.29, 1.82) is 0 Å². The summed E-state index contributed by atoms with van der Waals surface area (Å²) in [5.74, 6) is 0.251. The molecule has 140 valence electrons. The van der Waals surface area contributed by atoms with Crippen molar-refractivity contribution in [1.82, 2.24) is 19.9 Å². The first-order valence-corrected chi connectivity index (χ1v) is 9.28. The van der Waals surface area contributed by atoms with Crippen LogP contribution in [0.4, 0.5) is 9.52 Å². The average Bonchev–Trinajstić information content (AvgIpc) is 3.09. The van der Waals surface area contributed by atoms with Crippen LogP contribution in [-0.2, 0) is 17.8 Å². The summed E-state index contributed by atoms with van der Waals surface area (Å²) in [6, 6.07) is 2.20. The van der Waals surface area contributed by atoms with E-state index in [4.69, 9.17) is 4.74 Å². The van der Waals surface area contributed by atoms with Gasteiger partial charge in [-0.15, -0.1) is 0 Å². The highest BCUT2D eigenvalue weighted by Crippen LogP contribution is 2.30. The molecule has 1 N–H and O–H groups in total. The van der Waals surface area contributed by atoms with Gasteiger partial charge in [0.2, 0.25) is 17.7 Å². The van der Waals surface area contributed by atoms with Gasteiger partial charge >= 0.3 is 0 Å². The van der Waals surface area contributed by atoms with Gasteiger partial charge in [-0.1, -0.05) is 11.3 Å². The first-order chi connectivity index (χ1) is 12.4. The Morgan fingerprint density at radius 3 is 3.04 bits per heavy atom. The highest BCUT2D eigenvalue weighted by atomic mass is 32.1. The van der Waals surface area contributed by atoms with E-state index in [-0.39, 0.29) is 5.91 Å². The Bertz CT molecular complexity index is 784. The molecule has 1 amide bonds. The molecule has 1 aliphatic heterocycles. The zero-order chi connectivity index (χ0) is 18.7. The van der Waals surface area contributed by atoms with Crippen molar-refractivity contribution in [2.75, 3.05) is 19.0 Å². The van der Waals surface area contributed by atoms with E-state index < -0.39 is 5.95 Å². The average molecular weight is 379 g/mol. The number of anilines is 1. The number of likely N-dealkylation sites (tertiary alicyclic amines) is 1. The Kier molecular flexibility index (Phi) is 5.77. The van der Waals surface area contributed by atoms with Gasteiger partial charge in [0.15, 0.2) is 5.13 Å². The smallest absolute Gasteiger partial charge is 0.230 e. The lowest BCUT2D eigenvalue weighted by Crippen LogP contribution is -2.26. The third kappa shape index (κ3) is 4.53. The van der Waals surface area contributed by atoms with Crippen LogP contribution in [0.25, 0.3) is 0 Å². The van der Waals surface area contributed by atoms with E-state index in [1.54, 1.807) is 7.11 Å². The molecule has 0 spiro atoms. The second kappa shape index (κ2) is 8.05. The predicted octanol–water partition coefficient (Wildman–Crippen LogP) is 2.49. The molecule has 0 radical (unpaired) electrons. The summed E-state index contributed by atoms with van der Waals surface area (Å²) >= 11 is 1.19. The molecule has 2 atom stereocenters. The molecule has 2 aromatic rings. The molecular weight excluding hydrogens is 357 g/mol. The monoisotopic (exact) mass is 379 g/mol. The molecular formula is C17H22FN5O2S. The molecule has 0 aromatic carbocycles. The molecule has 0 bridgehead atoms. The standard InChI is InChI=1S/C17H22FN5O2S/c1-10-4-12(5-13-6-15(25-3)20-9-19-13)7-23(10)8-14-16(18)22-17(26-14)21-11(2)24/h6,9-10,12H,4-5,7-8H2,1-3H3,(H,21,22,24)/t10-,12+/m1/s1. The van der Waals surface area contributed by atoms with E-state index in [0.717, 1.165) is 25.1 Å². The summed E-state index contributed by atoms with van der Waals surface area (Å²) in [7, 11) is 1.59. The summed E-state index contributed by atoms with van der Waals surface area (Å²) in [5, 5.41) is 2.85. The summed E-state index contributed by atoms with van der Waals surface area (Å²) in [6.07, 6.45) is 3.37. The van der Waals surface area contributed by atoms with Crippen LogP contribution in [0.15, 0.2) is 12.4 Å². The van der Waals surface area contributed by atoms with Crippen molar-refractivity contribution in [3.8, 4) is 5.88 Å². The van der Waals surface area contributed by atoms with Crippen LogP contribution in [-0.4, -0.2) is 45.5 Å². The number of halogens is 1. The highest BCUT2D eigenvalue weighted by Gasteiger charge is 2.30. The zero-order valence-electron chi connectivity index (χ0n) is 15.0. The van der Waals surface area contributed by atoms with Crippen LogP contribution < -0.4 is 10.1 Å². The predicted molar refractivity (Wildman–Crippen MR) is 96.6 cm³/mol. The number of nitrogens with zero attached hydrogens (tertiary/aromatic N) is 4. The lowest BCUT2D eigenvalue weighted by atomic mass is 10.0. The number of aromatic nitrogens is 3. The maximum Gasteiger partial charge on any atom is 0.230 e. The first kappa shape index (κ1) is 18.7. The van der Waals surface area contributed by atoms with Crippen LogP contribution in [0.3, 0.4) is 0 Å². The Hall–Kier alpha value is -2.13. The Labute approximate surface area is 155 Å². The molecule has 0 unspecified atom stereocenters. The maximum absolute atomic E-state index is 14.1.